The zero-order valence-corrected chi connectivity index (χ0v) is 16.5. The standard InChI is InChI=1S/C21H22ClNO4/c1-12-9-10-16(11-13(12)2)19(24)15(4)27-21(26)14(3)23-20(25)17-7-5-6-8-18(17)22/h5-11,14-15H,1-4H3,(H,23,25)/t14-,15-/m0/s1. The number of ether oxygens (including phenoxy) is 1. The van der Waals surface area contributed by atoms with Crippen LogP contribution >= 0.6 is 11.6 Å². The number of halogens is 1. The first-order chi connectivity index (χ1) is 12.7. The Morgan fingerprint density at radius 3 is 2.30 bits per heavy atom. The molecule has 0 aliphatic rings. The lowest BCUT2D eigenvalue weighted by Crippen LogP contribution is -2.41. The van der Waals surface area contributed by atoms with Crippen LogP contribution in [0.15, 0.2) is 42.5 Å². The number of esters is 1. The van der Waals surface area contributed by atoms with Gasteiger partial charge in [-0.1, -0.05) is 35.9 Å². The highest BCUT2D eigenvalue weighted by atomic mass is 35.5. The number of ketones is 1. The quantitative estimate of drug-likeness (QED) is 0.602. The van der Waals surface area contributed by atoms with E-state index in [1.165, 1.54) is 13.8 Å². The number of benzene rings is 2. The Bertz CT molecular complexity index is 878. The fourth-order valence-corrected chi connectivity index (χ4v) is 2.66. The second-order valence-electron chi connectivity index (χ2n) is 6.42. The van der Waals surface area contributed by atoms with E-state index >= 15 is 0 Å². The van der Waals surface area contributed by atoms with Crippen molar-refractivity contribution in [1.29, 1.82) is 0 Å². The van der Waals surface area contributed by atoms with Crippen molar-refractivity contribution in [3.05, 3.63) is 69.7 Å². The van der Waals surface area contributed by atoms with Crippen LogP contribution in [0.2, 0.25) is 5.02 Å². The predicted octanol–water partition coefficient (Wildman–Crippen LogP) is 3.89. The fourth-order valence-electron chi connectivity index (χ4n) is 2.44. The van der Waals surface area contributed by atoms with E-state index in [-0.39, 0.29) is 16.4 Å². The second kappa shape index (κ2) is 8.82. The fraction of sp³-hybridized carbons (Fsp3) is 0.286. The molecule has 2 aromatic carbocycles. The Morgan fingerprint density at radius 1 is 1.00 bits per heavy atom. The minimum absolute atomic E-state index is 0.262. The summed E-state index contributed by atoms with van der Waals surface area (Å²) in [7, 11) is 0. The molecular weight excluding hydrogens is 366 g/mol. The van der Waals surface area contributed by atoms with Crippen LogP contribution in [0.25, 0.3) is 0 Å². The van der Waals surface area contributed by atoms with Gasteiger partial charge in [0.25, 0.3) is 5.91 Å². The predicted molar refractivity (Wildman–Crippen MR) is 104 cm³/mol. The van der Waals surface area contributed by atoms with Gasteiger partial charge in [0.05, 0.1) is 10.6 Å². The van der Waals surface area contributed by atoms with Crippen LogP contribution in [0.1, 0.15) is 45.7 Å². The Kier molecular flexibility index (Phi) is 6.75. The lowest BCUT2D eigenvalue weighted by Gasteiger charge is -2.17. The highest BCUT2D eigenvalue weighted by Crippen LogP contribution is 2.15. The van der Waals surface area contributed by atoms with Crippen molar-refractivity contribution < 1.29 is 19.1 Å². The van der Waals surface area contributed by atoms with E-state index < -0.39 is 24.0 Å². The van der Waals surface area contributed by atoms with Crippen molar-refractivity contribution in [2.24, 2.45) is 0 Å². The summed E-state index contributed by atoms with van der Waals surface area (Å²) in [4.78, 5) is 36.9. The van der Waals surface area contributed by atoms with Crippen LogP contribution < -0.4 is 5.32 Å². The van der Waals surface area contributed by atoms with Gasteiger partial charge < -0.3 is 10.1 Å². The SMILES string of the molecule is Cc1ccc(C(=O)[C@H](C)OC(=O)[C@H](C)NC(=O)c2ccccc2Cl)cc1C. The molecule has 27 heavy (non-hydrogen) atoms. The molecular formula is C21H22ClNO4. The van der Waals surface area contributed by atoms with Gasteiger partial charge in [0.1, 0.15) is 6.04 Å². The van der Waals surface area contributed by atoms with Crippen molar-refractivity contribution in [1.82, 2.24) is 5.32 Å². The summed E-state index contributed by atoms with van der Waals surface area (Å²) in [5, 5.41) is 2.81. The van der Waals surface area contributed by atoms with Gasteiger partial charge in [-0.25, -0.2) is 4.79 Å². The third kappa shape index (κ3) is 5.17. The van der Waals surface area contributed by atoms with Gasteiger partial charge in [-0.05, 0) is 57.0 Å². The minimum atomic E-state index is -0.959. The van der Waals surface area contributed by atoms with Gasteiger partial charge in [0, 0.05) is 5.56 Å². The molecule has 0 aromatic heterocycles. The maximum Gasteiger partial charge on any atom is 0.329 e. The zero-order chi connectivity index (χ0) is 20.1. The summed E-state index contributed by atoms with van der Waals surface area (Å²) in [6, 6.07) is 10.9. The van der Waals surface area contributed by atoms with Crippen molar-refractivity contribution in [3.8, 4) is 0 Å². The first-order valence-corrected chi connectivity index (χ1v) is 8.96. The number of Topliss-reactive ketones (excluding diaryl/α,β-unsaturated/α-hetero) is 1. The third-order valence-electron chi connectivity index (χ3n) is 4.27. The Labute approximate surface area is 163 Å². The molecule has 0 fully saturated rings. The Morgan fingerprint density at radius 2 is 1.67 bits per heavy atom. The number of aryl methyl sites for hydroxylation is 2. The van der Waals surface area contributed by atoms with Gasteiger partial charge >= 0.3 is 5.97 Å². The summed E-state index contributed by atoms with van der Waals surface area (Å²) >= 11 is 5.98. The molecule has 1 N–H and O–H groups in total. The molecule has 0 saturated carbocycles. The summed E-state index contributed by atoms with van der Waals surface area (Å²) in [5.74, 6) is -1.48. The molecule has 2 aromatic rings. The minimum Gasteiger partial charge on any atom is -0.453 e. The normalized spacial score (nSPS) is 12.8. The van der Waals surface area contributed by atoms with Crippen molar-refractivity contribution in [3.63, 3.8) is 0 Å². The maximum atomic E-state index is 12.5. The Balaban J connectivity index is 1.98. The average Bonchev–Trinajstić information content (AvgIpc) is 2.63. The van der Waals surface area contributed by atoms with E-state index in [1.807, 2.05) is 19.9 Å². The molecule has 0 aliphatic heterocycles. The van der Waals surface area contributed by atoms with Crippen LogP contribution in [0.5, 0.6) is 0 Å². The van der Waals surface area contributed by atoms with Crippen LogP contribution in [-0.4, -0.2) is 29.8 Å². The van der Waals surface area contributed by atoms with E-state index in [9.17, 15) is 14.4 Å². The monoisotopic (exact) mass is 387 g/mol. The van der Waals surface area contributed by atoms with E-state index in [0.717, 1.165) is 11.1 Å². The van der Waals surface area contributed by atoms with Crippen LogP contribution in [0.4, 0.5) is 0 Å². The van der Waals surface area contributed by atoms with Gasteiger partial charge in [-0.15, -0.1) is 0 Å². The van der Waals surface area contributed by atoms with E-state index in [4.69, 9.17) is 16.3 Å². The number of hydrogen-bond donors (Lipinski definition) is 1. The molecule has 2 rings (SSSR count). The highest BCUT2D eigenvalue weighted by Gasteiger charge is 2.25. The molecule has 5 nitrogen and oxygen atoms in total. The van der Waals surface area contributed by atoms with Crippen molar-refractivity contribution >= 4 is 29.3 Å². The summed E-state index contributed by atoms with van der Waals surface area (Å²) in [5.41, 5.74) is 2.80. The smallest absolute Gasteiger partial charge is 0.329 e. The van der Waals surface area contributed by atoms with E-state index in [1.54, 1.807) is 36.4 Å². The largest absolute Gasteiger partial charge is 0.453 e. The van der Waals surface area contributed by atoms with Gasteiger partial charge in [0.2, 0.25) is 5.78 Å². The van der Waals surface area contributed by atoms with E-state index in [0.29, 0.717) is 5.56 Å². The van der Waals surface area contributed by atoms with Crippen molar-refractivity contribution in [2.75, 3.05) is 0 Å². The zero-order valence-electron chi connectivity index (χ0n) is 15.7. The van der Waals surface area contributed by atoms with Gasteiger partial charge in [0.15, 0.2) is 6.10 Å². The summed E-state index contributed by atoms with van der Waals surface area (Å²) < 4.78 is 5.23. The highest BCUT2D eigenvalue weighted by molar-refractivity contribution is 6.33. The first-order valence-electron chi connectivity index (χ1n) is 8.58. The number of carbonyl (C=O) groups is 3. The van der Waals surface area contributed by atoms with Crippen LogP contribution in [0.3, 0.4) is 0 Å². The molecule has 0 spiro atoms. The molecule has 0 saturated heterocycles. The molecule has 142 valence electrons. The third-order valence-corrected chi connectivity index (χ3v) is 4.60. The molecule has 0 unspecified atom stereocenters. The van der Waals surface area contributed by atoms with Gasteiger partial charge in [-0.2, -0.15) is 0 Å². The average molecular weight is 388 g/mol. The first kappa shape index (κ1) is 20.6. The van der Waals surface area contributed by atoms with Gasteiger partial charge in [-0.3, -0.25) is 9.59 Å². The Hall–Kier alpha value is -2.66. The molecule has 1 amide bonds. The van der Waals surface area contributed by atoms with E-state index in [2.05, 4.69) is 5.32 Å². The maximum absolute atomic E-state index is 12.5. The molecule has 2 atom stereocenters. The number of nitrogens with one attached hydrogen (secondary N) is 1. The molecule has 0 bridgehead atoms. The topological polar surface area (TPSA) is 72.5 Å². The molecule has 0 aliphatic carbocycles. The second-order valence-corrected chi connectivity index (χ2v) is 6.82. The van der Waals surface area contributed by atoms with Crippen LogP contribution in [-0.2, 0) is 9.53 Å². The van der Waals surface area contributed by atoms with Crippen LogP contribution in [0, 0.1) is 13.8 Å². The molecule has 6 heteroatoms. The number of hydrogen-bond acceptors (Lipinski definition) is 4. The molecule has 0 heterocycles. The lowest BCUT2D eigenvalue weighted by atomic mass is 10.0. The van der Waals surface area contributed by atoms with Crippen molar-refractivity contribution in [2.45, 2.75) is 39.8 Å². The summed E-state index contributed by atoms with van der Waals surface area (Å²) in [6.45, 7) is 6.87. The molecule has 0 radical (unpaired) electrons. The lowest BCUT2D eigenvalue weighted by molar-refractivity contribution is -0.148. The summed E-state index contributed by atoms with van der Waals surface area (Å²) in [6.07, 6.45) is -0.959. The number of rotatable bonds is 6. The number of carbonyl (C=O) groups excluding carboxylic acids is 3. The number of amides is 1.